The van der Waals surface area contributed by atoms with Crippen LogP contribution in [-0.2, 0) is 9.53 Å². The molecule has 0 bridgehead atoms. The van der Waals surface area contributed by atoms with Gasteiger partial charge in [0.25, 0.3) is 0 Å². The smallest absolute Gasteiger partial charge is 0.333 e. The number of esters is 1. The van der Waals surface area contributed by atoms with Gasteiger partial charge in [0.2, 0.25) is 0 Å². The first-order valence-corrected chi connectivity index (χ1v) is 7.71. The van der Waals surface area contributed by atoms with Gasteiger partial charge in [-0.3, -0.25) is 0 Å². The molecule has 0 saturated heterocycles. The quantitative estimate of drug-likeness (QED) is 0.422. The average Bonchev–Trinajstić information content (AvgIpc) is 2.41. The number of ether oxygens (including phenoxy) is 1. The molecule has 112 valence electrons. The summed E-state index contributed by atoms with van der Waals surface area (Å²) in [6.07, 6.45) is 7.91. The van der Waals surface area contributed by atoms with Crippen LogP contribution in [0.1, 0.15) is 59.8 Å². The van der Waals surface area contributed by atoms with Gasteiger partial charge in [-0.25, -0.2) is 4.79 Å². The lowest BCUT2D eigenvalue weighted by Crippen LogP contribution is -2.27. The highest BCUT2D eigenvalue weighted by Crippen LogP contribution is 2.04. The largest absolute Gasteiger partial charge is 0.463 e. The third-order valence-corrected chi connectivity index (χ3v) is 3.15. The van der Waals surface area contributed by atoms with Crippen LogP contribution in [-0.4, -0.2) is 37.1 Å². The zero-order chi connectivity index (χ0) is 14.5. The molecule has 0 aromatic heterocycles. The molecular formula is C16H31NO2. The summed E-state index contributed by atoms with van der Waals surface area (Å²) in [7, 11) is 0. The Morgan fingerprint density at radius 2 is 1.63 bits per heavy atom. The molecule has 0 saturated carbocycles. The summed E-state index contributed by atoms with van der Waals surface area (Å²) in [6, 6.07) is 0. The number of hydrogen-bond acceptors (Lipinski definition) is 3. The number of carbonyl (C=O) groups is 1. The van der Waals surface area contributed by atoms with Crippen molar-refractivity contribution in [2.75, 3.05) is 26.2 Å². The lowest BCUT2D eigenvalue weighted by Gasteiger charge is -2.21. The van der Waals surface area contributed by atoms with Gasteiger partial charge in [-0.2, -0.15) is 0 Å². The van der Waals surface area contributed by atoms with Crippen molar-refractivity contribution in [2.45, 2.75) is 59.8 Å². The van der Waals surface area contributed by atoms with Gasteiger partial charge in [-0.05, 0) is 46.2 Å². The summed E-state index contributed by atoms with van der Waals surface area (Å²) in [4.78, 5) is 14.0. The van der Waals surface area contributed by atoms with E-state index >= 15 is 0 Å². The Kier molecular flexibility index (Phi) is 11.7. The first-order chi connectivity index (χ1) is 9.15. The molecule has 3 nitrogen and oxygen atoms in total. The molecule has 0 aromatic rings. The van der Waals surface area contributed by atoms with E-state index in [9.17, 15) is 4.79 Å². The van der Waals surface area contributed by atoms with Crippen molar-refractivity contribution in [1.29, 1.82) is 0 Å². The minimum absolute atomic E-state index is 0.184. The van der Waals surface area contributed by atoms with Crippen LogP contribution in [0.4, 0.5) is 0 Å². The van der Waals surface area contributed by atoms with Gasteiger partial charge in [0.05, 0.1) is 6.61 Å². The van der Waals surface area contributed by atoms with Gasteiger partial charge in [0.1, 0.15) is 0 Å². The summed E-state index contributed by atoms with van der Waals surface area (Å²) in [5, 5.41) is 0. The summed E-state index contributed by atoms with van der Waals surface area (Å²) >= 11 is 0. The van der Waals surface area contributed by atoms with Crippen LogP contribution in [0.5, 0.6) is 0 Å². The van der Waals surface area contributed by atoms with Crippen molar-refractivity contribution in [3.8, 4) is 0 Å². The fourth-order valence-corrected chi connectivity index (χ4v) is 1.89. The van der Waals surface area contributed by atoms with Crippen LogP contribution in [0.25, 0.3) is 0 Å². The molecule has 0 aliphatic carbocycles. The predicted molar refractivity (Wildman–Crippen MR) is 81.3 cm³/mol. The van der Waals surface area contributed by atoms with Crippen LogP contribution >= 0.6 is 0 Å². The second kappa shape index (κ2) is 12.2. The van der Waals surface area contributed by atoms with Crippen LogP contribution in [0.2, 0.25) is 0 Å². The van der Waals surface area contributed by atoms with E-state index in [0.29, 0.717) is 6.61 Å². The zero-order valence-electron chi connectivity index (χ0n) is 13.2. The maximum Gasteiger partial charge on any atom is 0.333 e. The molecule has 0 amide bonds. The number of nitrogens with zero attached hydrogens (tertiary/aromatic N) is 1. The minimum atomic E-state index is -0.184. The molecule has 0 rings (SSSR count). The van der Waals surface area contributed by atoms with E-state index in [1.54, 1.807) is 0 Å². The molecule has 0 aliphatic heterocycles. The van der Waals surface area contributed by atoms with Gasteiger partial charge < -0.3 is 9.64 Å². The lowest BCUT2D eigenvalue weighted by molar-refractivity contribution is -0.138. The third-order valence-electron chi connectivity index (χ3n) is 3.15. The van der Waals surface area contributed by atoms with Gasteiger partial charge in [0, 0.05) is 12.1 Å². The molecule has 0 heterocycles. The molecule has 3 heteroatoms. The normalized spacial score (nSPS) is 11.9. The topological polar surface area (TPSA) is 29.5 Å². The SMILES string of the molecule is CCCCN(CCC=C(C)C(=O)OCC)CCCC. The zero-order valence-corrected chi connectivity index (χ0v) is 13.2. The standard InChI is InChI=1S/C16H31NO2/c1-5-8-12-17(13-9-6-2)14-10-11-15(4)16(18)19-7-3/h11H,5-10,12-14H2,1-4H3. The molecule has 19 heavy (non-hydrogen) atoms. The van der Waals surface area contributed by atoms with Crippen molar-refractivity contribution in [1.82, 2.24) is 4.90 Å². The summed E-state index contributed by atoms with van der Waals surface area (Å²) in [5.41, 5.74) is 0.729. The molecule has 0 unspecified atom stereocenters. The highest BCUT2D eigenvalue weighted by atomic mass is 16.5. The molecule has 0 spiro atoms. The Morgan fingerprint density at radius 1 is 1.05 bits per heavy atom. The molecule has 0 fully saturated rings. The average molecular weight is 269 g/mol. The van der Waals surface area contributed by atoms with Crippen molar-refractivity contribution in [3.05, 3.63) is 11.6 Å². The number of hydrogen-bond donors (Lipinski definition) is 0. The number of carbonyl (C=O) groups excluding carboxylic acids is 1. The second-order valence-corrected chi connectivity index (χ2v) is 4.95. The first-order valence-electron chi connectivity index (χ1n) is 7.71. The monoisotopic (exact) mass is 269 g/mol. The Bertz CT molecular complexity index is 253. The summed E-state index contributed by atoms with van der Waals surface area (Å²) in [5.74, 6) is -0.184. The van der Waals surface area contributed by atoms with Crippen LogP contribution in [0, 0.1) is 0 Å². The summed E-state index contributed by atoms with van der Waals surface area (Å²) < 4.78 is 4.97. The fourth-order valence-electron chi connectivity index (χ4n) is 1.89. The number of rotatable bonds is 11. The van der Waals surface area contributed by atoms with E-state index in [1.807, 2.05) is 19.9 Å². The van der Waals surface area contributed by atoms with Gasteiger partial charge >= 0.3 is 5.97 Å². The Hall–Kier alpha value is -0.830. The van der Waals surface area contributed by atoms with E-state index in [4.69, 9.17) is 4.74 Å². The molecule has 0 aromatic carbocycles. The van der Waals surface area contributed by atoms with Crippen molar-refractivity contribution in [3.63, 3.8) is 0 Å². The Morgan fingerprint density at radius 3 is 2.11 bits per heavy atom. The van der Waals surface area contributed by atoms with Crippen molar-refractivity contribution < 1.29 is 9.53 Å². The van der Waals surface area contributed by atoms with Crippen molar-refractivity contribution in [2.24, 2.45) is 0 Å². The van der Waals surface area contributed by atoms with E-state index in [1.165, 1.54) is 38.8 Å². The molecule has 0 aliphatic rings. The lowest BCUT2D eigenvalue weighted by atomic mass is 10.2. The van der Waals surface area contributed by atoms with E-state index in [2.05, 4.69) is 18.7 Å². The van der Waals surface area contributed by atoms with Crippen LogP contribution < -0.4 is 0 Å². The molecular weight excluding hydrogens is 238 g/mol. The number of unbranched alkanes of at least 4 members (excludes halogenated alkanes) is 2. The summed E-state index contributed by atoms with van der Waals surface area (Å²) in [6.45, 7) is 11.9. The van der Waals surface area contributed by atoms with Crippen LogP contribution in [0.15, 0.2) is 11.6 Å². The van der Waals surface area contributed by atoms with E-state index in [-0.39, 0.29) is 5.97 Å². The highest BCUT2D eigenvalue weighted by Gasteiger charge is 2.05. The van der Waals surface area contributed by atoms with Gasteiger partial charge in [-0.1, -0.05) is 32.8 Å². The molecule has 0 radical (unpaired) electrons. The predicted octanol–water partition coefficient (Wildman–Crippen LogP) is 3.79. The van der Waals surface area contributed by atoms with Crippen LogP contribution in [0.3, 0.4) is 0 Å². The second-order valence-electron chi connectivity index (χ2n) is 4.95. The Labute approximate surface area is 119 Å². The maximum atomic E-state index is 11.5. The van der Waals surface area contributed by atoms with E-state index < -0.39 is 0 Å². The molecule has 0 N–H and O–H groups in total. The fraction of sp³-hybridized carbons (Fsp3) is 0.812. The molecule has 0 atom stereocenters. The maximum absolute atomic E-state index is 11.5. The minimum Gasteiger partial charge on any atom is -0.463 e. The van der Waals surface area contributed by atoms with Gasteiger partial charge in [0.15, 0.2) is 0 Å². The Balaban J connectivity index is 4.07. The van der Waals surface area contributed by atoms with Gasteiger partial charge in [-0.15, -0.1) is 0 Å². The third kappa shape index (κ3) is 9.71. The first kappa shape index (κ1) is 18.2. The highest BCUT2D eigenvalue weighted by molar-refractivity contribution is 5.87. The van der Waals surface area contributed by atoms with E-state index in [0.717, 1.165) is 18.5 Å². The van der Waals surface area contributed by atoms with Crippen molar-refractivity contribution >= 4 is 5.97 Å².